The van der Waals surface area contributed by atoms with E-state index in [1.807, 2.05) is 23.7 Å². The van der Waals surface area contributed by atoms with E-state index in [-0.39, 0.29) is 17.2 Å². The number of aryl methyl sites for hydroxylation is 1. The van der Waals surface area contributed by atoms with Gasteiger partial charge in [-0.1, -0.05) is 20.8 Å². The topological polar surface area (TPSA) is 110 Å². The van der Waals surface area contributed by atoms with Crippen LogP contribution in [0.15, 0.2) is 18.2 Å². The summed E-state index contributed by atoms with van der Waals surface area (Å²) in [6.07, 6.45) is 4.02. The summed E-state index contributed by atoms with van der Waals surface area (Å²) < 4.78 is 1.84. The molecule has 0 bridgehead atoms. The predicted octanol–water partition coefficient (Wildman–Crippen LogP) is 3.01. The van der Waals surface area contributed by atoms with Crippen molar-refractivity contribution in [1.29, 1.82) is 0 Å². The minimum Gasteiger partial charge on any atom is -0.391 e. The van der Waals surface area contributed by atoms with Crippen LogP contribution >= 0.6 is 0 Å². The number of aliphatic hydroxyl groups excluding tert-OH is 1. The van der Waals surface area contributed by atoms with Gasteiger partial charge in [-0.15, -0.1) is 0 Å². The van der Waals surface area contributed by atoms with E-state index in [1.54, 1.807) is 6.07 Å². The minimum absolute atomic E-state index is 0.114. The summed E-state index contributed by atoms with van der Waals surface area (Å²) >= 11 is 0. The number of hydrogen-bond donors (Lipinski definition) is 3. The summed E-state index contributed by atoms with van der Waals surface area (Å²) in [5, 5.41) is 18.3. The standard InChI is InChI=1S/C23H30N4O3/c1-4-15-21-18(11-23(2,3)12-20(21)29)27(26-15)13-8-9-14(22(24)30)17(10-13)25-16-6-5-7-19(16)28/h8-10,16,19,25,28H,4-7,11-12H2,1-3H3,(H2,24,30). The third-order valence-corrected chi connectivity index (χ3v) is 6.29. The van der Waals surface area contributed by atoms with Crippen LogP contribution in [0.4, 0.5) is 5.69 Å². The molecular weight excluding hydrogens is 380 g/mol. The molecule has 4 N–H and O–H groups in total. The Balaban J connectivity index is 1.80. The van der Waals surface area contributed by atoms with Crippen molar-refractivity contribution in [3.63, 3.8) is 0 Å². The zero-order valence-electron chi connectivity index (χ0n) is 17.9. The number of ketones is 1. The summed E-state index contributed by atoms with van der Waals surface area (Å²) in [5.41, 5.74) is 9.69. The normalized spacial score (nSPS) is 22.7. The van der Waals surface area contributed by atoms with Gasteiger partial charge in [0.15, 0.2) is 5.78 Å². The molecule has 0 saturated heterocycles. The Bertz CT molecular complexity index is 1010. The quantitative estimate of drug-likeness (QED) is 0.702. The molecule has 1 saturated carbocycles. The van der Waals surface area contributed by atoms with E-state index in [0.717, 1.165) is 48.3 Å². The first-order chi connectivity index (χ1) is 14.2. The fraction of sp³-hybridized carbons (Fsp3) is 0.522. The van der Waals surface area contributed by atoms with Gasteiger partial charge < -0.3 is 16.2 Å². The van der Waals surface area contributed by atoms with Gasteiger partial charge in [0.25, 0.3) is 5.91 Å². The van der Waals surface area contributed by atoms with Crippen molar-refractivity contribution in [2.24, 2.45) is 11.1 Å². The molecule has 7 nitrogen and oxygen atoms in total. The highest BCUT2D eigenvalue weighted by Gasteiger charge is 2.36. The van der Waals surface area contributed by atoms with Crippen LogP contribution in [0.5, 0.6) is 0 Å². The Morgan fingerprint density at radius 3 is 2.73 bits per heavy atom. The molecule has 0 spiro atoms. The van der Waals surface area contributed by atoms with E-state index in [9.17, 15) is 14.7 Å². The van der Waals surface area contributed by atoms with Crippen molar-refractivity contribution in [1.82, 2.24) is 9.78 Å². The number of carbonyl (C=O) groups excluding carboxylic acids is 2. The molecule has 0 radical (unpaired) electrons. The van der Waals surface area contributed by atoms with Gasteiger partial charge in [-0.25, -0.2) is 4.68 Å². The molecule has 2 aromatic rings. The van der Waals surface area contributed by atoms with Crippen LogP contribution in [0, 0.1) is 5.41 Å². The number of benzene rings is 1. The van der Waals surface area contributed by atoms with Gasteiger partial charge in [0.1, 0.15) is 0 Å². The highest BCUT2D eigenvalue weighted by molar-refractivity contribution is 6.00. The molecule has 160 valence electrons. The molecule has 2 aliphatic rings. The highest BCUT2D eigenvalue weighted by atomic mass is 16.3. The van der Waals surface area contributed by atoms with Crippen LogP contribution in [0.3, 0.4) is 0 Å². The maximum absolute atomic E-state index is 12.8. The second-order valence-corrected chi connectivity index (χ2v) is 9.32. The van der Waals surface area contributed by atoms with E-state index < -0.39 is 12.0 Å². The SMILES string of the molecule is CCc1nn(-c2ccc(C(N)=O)c(NC3CCCC3O)c2)c2c1C(=O)CC(C)(C)C2. The van der Waals surface area contributed by atoms with Gasteiger partial charge in [-0.05, 0) is 55.7 Å². The molecule has 1 fully saturated rings. The number of fused-ring (bicyclic) bond motifs is 1. The van der Waals surface area contributed by atoms with Crippen molar-refractivity contribution in [2.45, 2.75) is 71.4 Å². The number of nitrogens with zero attached hydrogens (tertiary/aromatic N) is 2. The van der Waals surface area contributed by atoms with Gasteiger partial charge in [0.05, 0.1) is 40.3 Å². The summed E-state index contributed by atoms with van der Waals surface area (Å²) in [4.78, 5) is 24.8. The van der Waals surface area contributed by atoms with Crippen molar-refractivity contribution >= 4 is 17.4 Å². The fourth-order valence-corrected chi connectivity index (χ4v) is 4.80. The molecule has 2 unspecified atom stereocenters. The molecule has 1 aromatic carbocycles. The lowest BCUT2D eigenvalue weighted by Crippen LogP contribution is -2.29. The van der Waals surface area contributed by atoms with E-state index in [4.69, 9.17) is 10.8 Å². The lowest BCUT2D eigenvalue weighted by atomic mass is 9.75. The number of nitrogens with one attached hydrogen (secondary N) is 1. The largest absolute Gasteiger partial charge is 0.391 e. The minimum atomic E-state index is -0.524. The molecule has 4 rings (SSSR count). The van der Waals surface area contributed by atoms with Crippen molar-refractivity contribution in [3.8, 4) is 5.69 Å². The average molecular weight is 411 g/mol. The molecule has 0 aliphatic heterocycles. The zero-order chi connectivity index (χ0) is 21.6. The number of aliphatic hydroxyl groups is 1. The fourth-order valence-electron chi connectivity index (χ4n) is 4.80. The van der Waals surface area contributed by atoms with E-state index in [1.165, 1.54) is 0 Å². The number of aromatic nitrogens is 2. The van der Waals surface area contributed by atoms with Gasteiger partial charge in [-0.2, -0.15) is 5.10 Å². The van der Waals surface area contributed by atoms with Gasteiger partial charge in [-0.3, -0.25) is 9.59 Å². The molecule has 7 heteroatoms. The van der Waals surface area contributed by atoms with E-state index in [0.29, 0.717) is 24.1 Å². The number of hydrogen-bond acceptors (Lipinski definition) is 5. The van der Waals surface area contributed by atoms with Crippen molar-refractivity contribution in [3.05, 3.63) is 40.7 Å². The Labute approximate surface area is 176 Å². The third-order valence-electron chi connectivity index (χ3n) is 6.29. The molecule has 30 heavy (non-hydrogen) atoms. The first-order valence-electron chi connectivity index (χ1n) is 10.7. The molecule has 1 amide bonds. The highest BCUT2D eigenvalue weighted by Crippen LogP contribution is 2.38. The van der Waals surface area contributed by atoms with Crippen LogP contribution in [0.25, 0.3) is 5.69 Å². The molecule has 2 aliphatic carbocycles. The Morgan fingerprint density at radius 1 is 1.33 bits per heavy atom. The number of nitrogens with two attached hydrogens (primary N) is 1. The maximum atomic E-state index is 12.8. The second kappa shape index (κ2) is 7.54. The Morgan fingerprint density at radius 2 is 2.10 bits per heavy atom. The van der Waals surface area contributed by atoms with Crippen LogP contribution < -0.4 is 11.1 Å². The van der Waals surface area contributed by atoms with E-state index in [2.05, 4.69) is 19.2 Å². The van der Waals surface area contributed by atoms with Crippen molar-refractivity contribution < 1.29 is 14.7 Å². The third kappa shape index (κ3) is 3.62. The summed E-state index contributed by atoms with van der Waals surface area (Å²) in [7, 11) is 0. The number of rotatable bonds is 5. The maximum Gasteiger partial charge on any atom is 0.250 e. The molecule has 1 aromatic heterocycles. The van der Waals surface area contributed by atoms with Gasteiger partial charge in [0.2, 0.25) is 0 Å². The van der Waals surface area contributed by atoms with Gasteiger partial charge >= 0.3 is 0 Å². The Hall–Kier alpha value is -2.67. The lowest BCUT2D eigenvalue weighted by molar-refractivity contribution is 0.0909. The average Bonchev–Trinajstić information content (AvgIpc) is 3.24. The monoisotopic (exact) mass is 410 g/mol. The van der Waals surface area contributed by atoms with Crippen LogP contribution in [0.1, 0.15) is 78.6 Å². The van der Waals surface area contributed by atoms with Crippen molar-refractivity contribution in [2.75, 3.05) is 5.32 Å². The number of anilines is 1. The van der Waals surface area contributed by atoms with Crippen LogP contribution in [0.2, 0.25) is 0 Å². The molecule has 2 atom stereocenters. The van der Waals surface area contributed by atoms with Gasteiger partial charge in [0, 0.05) is 12.1 Å². The first-order valence-corrected chi connectivity index (χ1v) is 10.7. The molecular formula is C23H30N4O3. The summed E-state index contributed by atoms with van der Waals surface area (Å²) in [6, 6.07) is 5.24. The number of Topliss-reactive ketones (excluding diaryl/α,β-unsaturated/α-hetero) is 1. The number of amides is 1. The number of carbonyl (C=O) groups is 2. The van der Waals surface area contributed by atoms with E-state index >= 15 is 0 Å². The smallest absolute Gasteiger partial charge is 0.250 e. The summed E-state index contributed by atoms with van der Waals surface area (Å²) in [6.45, 7) is 6.20. The second-order valence-electron chi connectivity index (χ2n) is 9.32. The number of primary amides is 1. The lowest BCUT2D eigenvalue weighted by Gasteiger charge is -2.29. The summed E-state index contributed by atoms with van der Waals surface area (Å²) in [5.74, 6) is -0.380. The molecule has 1 heterocycles. The van der Waals surface area contributed by atoms with Crippen LogP contribution in [-0.2, 0) is 12.8 Å². The zero-order valence-corrected chi connectivity index (χ0v) is 17.9. The Kier molecular flexibility index (Phi) is 5.18. The first kappa shape index (κ1) is 20.6. The van der Waals surface area contributed by atoms with Crippen LogP contribution in [-0.4, -0.2) is 38.7 Å². The predicted molar refractivity (Wildman–Crippen MR) is 115 cm³/mol.